The van der Waals surface area contributed by atoms with Crippen molar-refractivity contribution < 1.29 is 0 Å². The summed E-state index contributed by atoms with van der Waals surface area (Å²) in [7, 11) is 5.24. The van der Waals surface area contributed by atoms with E-state index in [2.05, 4.69) is 48.5 Å². The molecule has 0 bridgehead atoms. The molecule has 0 saturated heterocycles. The van der Waals surface area contributed by atoms with Crippen LogP contribution in [0.2, 0.25) is 0 Å². The molecule has 3 radical (unpaired) electrons. The Hall–Kier alpha value is -1.00. The third-order valence-corrected chi connectivity index (χ3v) is 4.22. The molecule has 0 aliphatic heterocycles. The lowest BCUT2D eigenvalue weighted by Crippen LogP contribution is -2.15. The summed E-state index contributed by atoms with van der Waals surface area (Å²) in [6.07, 6.45) is 0. The number of rotatable bonds is 3. The van der Waals surface area contributed by atoms with E-state index in [0.717, 1.165) is 0 Å². The standard InChI is InChI=1S/C12H10B2P/c13-14-15(11-7-3-1-4-8-11)12-9-5-2-6-10-12/h1-10H. The smallest absolute Gasteiger partial charge is 0.0975 e. The van der Waals surface area contributed by atoms with Crippen molar-refractivity contribution in [3.8, 4) is 0 Å². The van der Waals surface area contributed by atoms with Gasteiger partial charge in [0, 0.05) is 7.74 Å². The van der Waals surface area contributed by atoms with Gasteiger partial charge in [-0.05, 0) is 10.6 Å². The van der Waals surface area contributed by atoms with E-state index in [9.17, 15) is 0 Å². The zero-order valence-corrected chi connectivity index (χ0v) is 9.27. The van der Waals surface area contributed by atoms with Crippen LogP contribution in [-0.2, 0) is 0 Å². The first-order valence-corrected chi connectivity index (χ1v) is 6.27. The molecule has 69 valence electrons. The van der Waals surface area contributed by atoms with Gasteiger partial charge in [-0.1, -0.05) is 68.5 Å². The predicted octanol–water partition coefficient (Wildman–Crippen LogP) is 1.82. The van der Waals surface area contributed by atoms with Crippen molar-refractivity contribution in [3.63, 3.8) is 0 Å². The largest absolute Gasteiger partial charge is 0.103 e. The Morgan fingerprint density at radius 2 is 1.13 bits per heavy atom. The maximum absolute atomic E-state index is 5.74. The molecule has 0 atom stereocenters. The molecule has 0 aromatic heterocycles. The van der Waals surface area contributed by atoms with Crippen LogP contribution in [0.5, 0.6) is 0 Å². The van der Waals surface area contributed by atoms with Crippen LogP contribution in [0.4, 0.5) is 0 Å². The molecule has 2 aromatic carbocycles. The molecule has 2 aromatic rings. The third kappa shape index (κ3) is 2.52. The first-order valence-electron chi connectivity index (χ1n) is 4.86. The molecule has 3 heteroatoms. The summed E-state index contributed by atoms with van der Waals surface area (Å²) in [5.41, 5.74) is 0. The Bertz CT molecular complexity index is 363. The van der Waals surface area contributed by atoms with Crippen molar-refractivity contribution in [2.24, 2.45) is 0 Å². The van der Waals surface area contributed by atoms with Gasteiger partial charge < -0.3 is 0 Å². The molecule has 0 N–H and O–H groups in total. The molecular formula is C12H10B2P. The Morgan fingerprint density at radius 1 is 0.733 bits per heavy atom. The van der Waals surface area contributed by atoms with Crippen LogP contribution < -0.4 is 10.6 Å². The van der Waals surface area contributed by atoms with Crippen LogP contribution >= 0.6 is 7.80 Å². The molecule has 0 aliphatic carbocycles. The van der Waals surface area contributed by atoms with Gasteiger partial charge in [-0.2, -0.15) is 0 Å². The predicted molar refractivity (Wildman–Crippen MR) is 70.6 cm³/mol. The molecule has 0 aliphatic rings. The van der Waals surface area contributed by atoms with Crippen LogP contribution in [-0.4, -0.2) is 14.6 Å². The lowest BCUT2D eigenvalue weighted by molar-refractivity contribution is 1.76. The normalized spacial score (nSPS) is 10.2. The summed E-state index contributed by atoms with van der Waals surface area (Å²) in [4.78, 5) is 0. The second-order valence-corrected chi connectivity index (χ2v) is 5.26. The Balaban J connectivity index is 2.34. The molecule has 0 unspecified atom stereocenters. The zero-order valence-electron chi connectivity index (χ0n) is 8.38. The van der Waals surface area contributed by atoms with Crippen LogP contribution in [0.1, 0.15) is 0 Å². The van der Waals surface area contributed by atoms with Crippen molar-refractivity contribution in [3.05, 3.63) is 60.7 Å². The fourth-order valence-corrected chi connectivity index (χ4v) is 3.13. The molecule has 15 heavy (non-hydrogen) atoms. The number of hydrogen-bond donors (Lipinski definition) is 0. The van der Waals surface area contributed by atoms with Gasteiger partial charge in [0.25, 0.3) is 0 Å². The second-order valence-electron chi connectivity index (χ2n) is 3.19. The van der Waals surface area contributed by atoms with Gasteiger partial charge in [-0.3, -0.25) is 0 Å². The molecule has 0 fully saturated rings. The van der Waals surface area contributed by atoms with Crippen LogP contribution in [0.3, 0.4) is 0 Å². The maximum atomic E-state index is 5.74. The van der Waals surface area contributed by atoms with E-state index in [-0.39, 0.29) is 0 Å². The van der Waals surface area contributed by atoms with Gasteiger partial charge in [0.1, 0.15) is 6.89 Å². The minimum Gasteiger partial charge on any atom is -0.0975 e. The van der Waals surface area contributed by atoms with E-state index in [1.807, 2.05) is 12.1 Å². The zero-order chi connectivity index (χ0) is 10.5. The first kappa shape index (κ1) is 10.5. The first-order chi connectivity index (χ1) is 7.42. The van der Waals surface area contributed by atoms with Gasteiger partial charge in [0.15, 0.2) is 0 Å². The Morgan fingerprint density at radius 3 is 1.47 bits per heavy atom. The molecule has 0 spiro atoms. The van der Waals surface area contributed by atoms with Crippen molar-refractivity contribution in [1.82, 2.24) is 0 Å². The molecule has 0 amide bonds. The number of benzene rings is 2. The summed E-state index contributed by atoms with van der Waals surface area (Å²) < 4.78 is 0. The van der Waals surface area contributed by atoms with Gasteiger partial charge in [0.2, 0.25) is 0 Å². The Kier molecular flexibility index (Phi) is 3.64. The number of hydrogen-bond acceptors (Lipinski definition) is 0. The highest BCUT2D eigenvalue weighted by atomic mass is 31.1. The highest BCUT2D eigenvalue weighted by Crippen LogP contribution is 2.29. The quantitative estimate of drug-likeness (QED) is 0.531. The lowest BCUT2D eigenvalue weighted by Gasteiger charge is -2.16. The Labute approximate surface area is 94.1 Å². The van der Waals surface area contributed by atoms with E-state index in [1.165, 1.54) is 10.6 Å². The van der Waals surface area contributed by atoms with Crippen molar-refractivity contribution in [2.45, 2.75) is 0 Å². The minimum atomic E-state index is -0.496. The summed E-state index contributed by atoms with van der Waals surface area (Å²) in [6, 6.07) is 20.8. The highest BCUT2D eigenvalue weighted by Gasteiger charge is 2.09. The van der Waals surface area contributed by atoms with Crippen molar-refractivity contribution in [2.75, 3.05) is 0 Å². The molecule has 0 saturated carbocycles. The van der Waals surface area contributed by atoms with Crippen molar-refractivity contribution >= 4 is 33.0 Å². The van der Waals surface area contributed by atoms with E-state index >= 15 is 0 Å². The van der Waals surface area contributed by atoms with Gasteiger partial charge >= 0.3 is 0 Å². The molecule has 0 heterocycles. The van der Waals surface area contributed by atoms with Gasteiger partial charge in [-0.15, -0.1) is 0 Å². The monoisotopic (exact) mass is 207 g/mol. The molecule has 2 rings (SSSR count). The highest BCUT2D eigenvalue weighted by molar-refractivity contribution is 8.02. The topological polar surface area (TPSA) is 0 Å². The second kappa shape index (κ2) is 5.19. The van der Waals surface area contributed by atoms with Gasteiger partial charge in [0.05, 0.1) is 0 Å². The summed E-state index contributed by atoms with van der Waals surface area (Å²) in [5.74, 6) is 0. The van der Waals surface area contributed by atoms with Crippen LogP contribution in [0.25, 0.3) is 0 Å². The minimum absolute atomic E-state index is 0.496. The van der Waals surface area contributed by atoms with Gasteiger partial charge in [-0.25, -0.2) is 0 Å². The van der Waals surface area contributed by atoms with E-state index in [4.69, 9.17) is 7.74 Å². The van der Waals surface area contributed by atoms with E-state index < -0.39 is 7.80 Å². The summed E-state index contributed by atoms with van der Waals surface area (Å²) >= 11 is 0. The fraction of sp³-hybridized carbons (Fsp3) is 0. The van der Waals surface area contributed by atoms with E-state index in [0.29, 0.717) is 0 Å². The average molecular weight is 207 g/mol. The summed E-state index contributed by atoms with van der Waals surface area (Å²) in [5, 5.41) is 2.59. The maximum Gasteiger partial charge on any atom is 0.103 e. The van der Waals surface area contributed by atoms with E-state index in [1.54, 1.807) is 6.89 Å². The SMILES string of the molecule is [B][B]P(c1ccccc1)c1ccccc1. The average Bonchev–Trinajstić information content (AvgIpc) is 2.33. The molecular weight excluding hydrogens is 197 g/mol. The molecule has 0 nitrogen and oxygen atoms in total. The van der Waals surface area contributed by atoms with Crippen molar-refractivity contribution in [1.29, 1.82) is 0 Å². The fourth-order valence-electron chi connectivity index (χ4n) is 1.50. The van der Waals surface area contributed by atoms with Crippen LogP contribution in [0.15, 0.2) is 60.7 Å². The van der Waals surface area contributed by atoms with Crippen LogP contribution in [0, 0.1) is 0 Å². The third-order valence-electron chi connectivity index (χ3n) is 2.22. The summed E-state index contributed by atoms with van der Waals surface area (Å²) in [6.45, 7) is 1.81. The lowest BCUT2D eigenvalue weighted by atomic mass is 9.79.